The number of carboxylic acid groups (broad SMARTS) is 1. The van der Waals surface area contributed by atoms with Gasteiger partial charge in [-0.2, -0.15) is 4.98 Å². The first-order chi connectivity index (χ1) is 21.3. The molecule has 3 N–H and O–H groups in total. The molecule has 4 aromatic rings. The molecule has 1 aliphatic carbocycles. The topological polar surface area (TPSA) is 129 Å². The molecule has 44 heavy (non-hydrogen) atoms. The highest BCUT2D eigenvalue weighted by molar-refractivity contribution is 6.35. The maximum absolute atomic E-state index is 11.4. The average Bonchev–Trinajstić information content (AvgIpc) is 3.38. The van der Waals surface area contributed by atoms with E-state index in [-0.39, 0.29) is 17.8 Å². The van der Waals surface area contributed by atoms with Crippen LogP contribution in [-0.4, -0.2) is 56.3 Å². The number of terminal acetylenes is 1. The van der Waals surface area contributed by atoms with Crippen molar-refractivity contribution in [2.45, 2.75) is 38.3 Å². The second-order valence-electron chi connectivity index (χ2n) is 11.1. The lowest BCUT2D eigenvalue weighted by molar-refractivity contribution is 0.0927. The van der Waals surface area contributed by atoms with E-state index in [1.54, 1.807) is 18.2 Å². The molecule has 1 saturated carbocycles. The molecule has 0 radical (unpaired) electrons. The molecular formula is C32H31Cl2N7O3. The molecule has 0 bridgehead atoms. The van der Waals surface area contributed by atoms with Crippen molar-refractivity contribution in [1.82, 2.24) is 24.8 Å². The fraction of sp³-hybridized carbons (Fsp3) is 0.344. The molecule has 0 unspecified atom stereocenters. The Morgan fingerprint density at radius 3 is 2.50 bits per heavy atom. The maximum Gasteiger partial charge on any atom is 0.410 e. The standard InChI is InChI=1S/C32H31Cl2N7O3/c1-2-19-8-10-20(11-9-19)17-41-27-26(22-14-23(33)16-24(34)15-22)36-30(28(35)37-32(42)43)38-29(27)39-31(41)40-12-13-44-18-25(40)21-6-4-3-5-7-21/h1,3-7,14-16,19-20,25H,8-13,17-18H2,(H2,35,37)(H,42,43)/t19?,20?,25-/m0/s1. The zero-order chi connectivity index (χ0) is 30.8. The minimum atomic E-state index is -1.39. The van der Waals surface area contributed by atoms with Crippen LogP contribution in [0.2, 0.25) is 10.0 Å². The van der Waals surface area contributed by atoms with Crippen LogP contribution in [0.3, 0.4) is 0 Å². The number of rotatable bonds is 6. The number of morpholine rings is 1. The highest BCUT2D eigenvalue weighted by Crippen LogP contribution is 2.38. The number of nitrogens with one attached hydrogen (secondary N) is 2. The number of benzene rings is 2. The van der Waals surface area contributed by atoms with E-state index in [0.717, 1.165) is 31.2 Å². The van der Waals surface area contributed by atoms with E-state index >= 15 is 0 Å². The summed E-state index contributed by atoms with van der Waals surface area (Å²) in [6, 6.07) is 15.2. The Kier molecular flexibility index (Phi) is 8.71. The molecule has 1 amide bonds. The number of hydrogen-bond acceptors (Lipinski definition) is 7. The van der Waals surface area contributed by atoms with Crippen LogP contribution in [0.4, 0.5) is 10.7 Å². The van der Waals surface area contributed by atoms with Gasteiger partial charge in [0.2, 0.25) is 5.95 Å². The largest absolute Gasteiger partial charge is 0.465 e. The highest BCUT2D eigenvalue weighted by Gasteiger charge is 2.32. The Labute approximate surface area is 264 Å². The van der Waals surface area contributed by atoms with Gasteiger partial charge in [-0.25, -0.2) is 14.8 Å². The number of amidine groups is 1. The van der Waals surface area contributed by atoms with Gasteiger partial charge in [-0.3, -0.25) is 10.7 Å². The summed E-state index contributed by atoms with van der Waals surface area (Å²) in [5.74, 6) is 3.67. The minimum absolute atomic E-state index is 0.0961. The van der Waals surface area contributed by atoms with Crippen LogP contribution in [0.25, 0.3) is 22.4 Å². The summed E-state index contributed by atoms with van der Waals surface area (Å²) in [6.07, 6.45) is 8.23. The van der Waals surface area contributed by atoms with Crippen molar-refractivity contribution in [1.29, 1.82) is 5.41 Å². The van der Waals surface area contributed by atoms with Gasteiger partial charge in [0.1, 0.15) is 11.2 Å². The Morgan fingerprint density at radius 1 is 1.09 bits per heavy atom. The van der Waals surface area contributed by atoms with Crippen molar-refractivity contribution in [3.05, 3.63) is 70.0 Å². The molecular weight excluding hydrogens is 601 g/mol. The Balaban J connectivity index is 1.57. The van der Waals surface area contributed by atoms with E-state index in [2.05, 4.69) is 37.8 Å². The summed E-state index contributed by atoms with van der Waals surface area (Å²) >= 11 is 12.9. The molecule has 1 atom stereocenters. The number of aromatic nitrogens is 4. The number of fused-ring (bicyclic) bond motifs is 1. The number of imidazole rings is 1. The van der Waals surface area contributed by atoms with Crippen LogP contribution in [0.1, 0.15) is 43.1 Å². The summed E-state index contributed by atoms with van der Waals surface area (Å²) in [7, 11) is 0. The number of nitrogens with zero attached hydrogens (tertiary/aromatic N) is 5. The van der Waals surface area contributed by atoms with Gasteiger partial charge in [-0.1, -0.05) is 53.5 Å². The third-order valence-electron chi connectivity index (χ3n) is 8.27. The number of anilines is 1. The van der Waals surface area contributed by atoms with E-state index in [1.165, 1.54) is 0 Å². The molecule has 10 nitrogen and oxygen atoms in total. The van der Waals surface area contributed by atoms with Crippen LogP contribution in [0.15, 0.2) is 48.5 Å². The smallest absolute Gasteiger partial charge is 0.410 e. The van der Waals surface area contributed by atoms with Gasteiger partial charge >= 0.3 is 6.09 Å². The molecule has 6 rings (SSSR count). The zero-order valence-corrected chi connectivity index (χ0v) is 25.4. The number of halogens is 2. The number of ether oxygens (including phenoxy) is 1. The molecule has 1 aliphatic heterocycles. The van der Waals surface area contributed by atoms with Crippen molar-refractivity contribution in [2.75, 3.05) is 24.7 Å². The van der Waals surface area contributed by atoms with E-state index in [4.69, 9.17) is 49.7 Å². The van der Waals surface area contributed by atoms with Gasteiger partial charge in [0.25, 0.3) is 0 Å². The fourth-order valence-corrected chi connectivity index (χ4v) is 6.67. The van der Waals surface area contributed by atoms with E-state index in [1.807, 2.05) is 18.2 Å². The molecule has 2 aromatic carbocycles. The average molecular weight is 633 g/mol. The number of amides is 1. The van der Waals surface area contributed by atoms with E-state index in [9.17, 15) is 9.90 Å². The highest BCUT2D eigenvalue weighted by atomic mass is 35.5. The quantitative estimate of drug-likeness (QED) is 0.127. The summed E-state index contributed by atoms with van der Waals surface area (Å²) < 4.78 is 8.10. The van der Waals surface area contributed by atoms with Crippen molar-refractivity contribution >= 4 is 52.2 Å². The van der Waals surface area contributed by atoms with Gasteiger partial charge in [-0.05, 0) is 55.4 Å². The van der Waals surface area contributed by atoms with Crippen LogP contribution in [-0.2, 0) is 11.3 Å². The molecule has 0 spiro atoms. The number of carbonyl (C=O) groups is 1. The van der Waals surface area contributed by atoms with Crippen LogP contribution in [0, 0.1) is 29.6 Å². The normalized spacial score (nSPS) is 20.3. The monoisotopic (exact) mass is 631 g/mol. The van der Waals surface area contributed by atoms with Gasteiger partial charge in [-0.15, -0.1) is 12.3 Å². The molecule has 3 heterocycles. The number of hydrogen-bond donors (Lipinski definition) is 3. The van der Waals surface area contributed by atoms with Crippen LogP contribution in [0.5, 0.6) is 0 Å². The molecule has 2 fully saturated rings. The Bertz CT molecular complexity index is 1730. The minimum Gasteiger partial charge on any atom is -0.465 e. The second-order valence-corrected chi connectivity index (χ2v) is 12.0. The predicted octanol–water partition coefficient (Wildman–Crippen LogP) is 6.41. The lowest BCUT2D eigenvalue weighted by atomic mass is 9.82. The van der Waals surface area contributed by atoms with Gasteiger partial charge in [0.15, 0.2) is 17.3 Å². The van der Waals surface area contributed by atoms with Gasteiger partial charge in [0.05, 0.1) is 19.3 Å². The van der Waals surface area contributed by atoms with Crippen molar-refractivity contribution in [3.63, 3.8) is 0 Å². The first kappa shape index (κ1) is 29.9. The van der Waals surface area contributed by atoms with Crippen LogP contribution < -0.4 is 10.2 Å². The van der Waals surface area contributed by atoms with Crippen molar-refractivity contribution in [3.8, 4) is 23.6 Å². The molecule has 12 heteroatoms. The van der Waals surface area contributed by atoms with E-state index < -0.39 is 11.9 Å². The predicted molar refractivity (Wildman–Crippen MR) is 170 cm³/mol. The first-order valence-electron chi connectivity index (χ1n) is 14.5. The van der Waals surface area contributed by atoms with Gasteiger partial charge in [0, 0.05) is 34.6 Å². The van der Waals surface area contributed by atoms with E-state index in [0.29, 0.717) is 70.6 Å². The molecule has 226 valence electrons. The zero-order valence-electron chi connectivity index (χ0n) is 23.8. The third kappa shape index (κ3) is 6.22. The SMILES string of the molecule is C#CC1CCC(Cn2c(N3CCOC[C@H]3c3ccccc3)nc3nc(C(=N)NC(=O)O)nc(-c4cc(Cl)cc(Cl)c4)c32)CC1. The summed E-state index contributed by atoms with van der Waals surface area (Å²) in [5, 5.41) is 20.6. The Hall–Kier alpha value is -4.17. The fourth-order valence-electron chi connectivity index (χ4n) is 6.15. The first-order valence-corrected chi connectivity index (χ1v) is 15.3. The lowest BCUT2D eigenvalue weighted by Gasteiger charge is -2.37. The van der Waals surface area contributed by atoms with Crippen LogP contribution >= 0.6 is 23.2 Å². The molecule has 2 aliphatic rings. The lowest BCUT2D eigenvalue weighted by Crippen LogP contribution is -2.41. The van der Waals surface area contributed by atoms with Crippen molar-refractivity contribution in [2.24, 2.45) is 11.8 Å². The third-order valence-corrected chi connectivity index (χ3v) is 8.70. The second kappa shape index (κ2) is 12.8. The summed E-state index contributed by atoms with van der Waals surface area (Å²) in [5.41, 5.74) is 3.14. The Morgan fingerprint density at radius 2 is 1.82 bits per heavy atom. The van der Waals surface area contributed by atoms with Gasteiger partial charge < -0.3 is 19.3 Å². The molecule has 1 saturated heterocycles. The maximum atomic E-state index is 11.4. The summed E-state index contributed by atoms with van der Waals surface area (Å²) in [4.78, 5) is 28.0. The summed E-state index contributed by atoms with van der Waals surface area (Å²) in [6.45, 7) is 2.26. The molecule has 2 aromatic heterocycles. The van der Waals surface area contributed by atoms with Crippen molar-refractivity contribution < 1.29 is 14.6 Å².